The highest BCUT2D eigenvalue weighted by atomic mass is 19.4. The zero-order valence-electron chi connectivity index (χ0n) is 19.1. The van der Waals surface area contributed by atoms with Crippen LogP contribution in [0.15, 0.2) is 48.0 Å². The maximum atomic E-state index is 14.6. The lowest BCUT2D eigenvalue weighted by Crippen LogP contribution is -2.45. The van der Waals surface area contributed by atoms with Gasteiger partial charge in [-0.05, 0) is 72.7 Å². The lowest BCUT2D eigenvalue weighted by Gasteiger charge is -2.42. The molecule has 184 valence electrons. The molecule has 2 aromatic carbocycles. The Balaban J connectivity index is 1.65. The van der Waals surface area contributed by atoms with Gasteiger partial charge < -0.3 is 10.1 Å². The quantitative estimate of drug-likeness (QED) is 0.359. The van der Waals surface area contributed by atoms with Crippen molar-refractivity contribution in [1.82, 2.24) is 10.2 Å². The summed E-state index contributed by atoms with van der Waals surface area (Å²) in [4.78, 5) is 1.43. The molecule has 8 heteroatoms. The Kier molecular flexibility index (Phi) is 7.57. The van der Waals surface area contributed by atoms with Crippen LogP contribution < -0.4 is 10.1 Å². The first-order valence-corrected chi connectivity index (χ1v) is 11.6. The molecular formula is C26H29F5N2O. The van der Waals surface area contributed by atoms with Crippen molar-refractivity contribution in [2.24, 2.45) is 0 Å². The molecule has 4 rings (SSSR count). The van der Waals surface area contributed by atoms with E-state index in [1.165, 1.54) is 17.0 Å². The molecule has 1 aliphatic heterocycles. The van der Waals surface area contributed by atoms with Crippen molar-refractivity contribution < 1.29 is 26.7 Å². The zero-order valence-corrected chi connectivity index (χ0v) is 19.1. The van der Waals surface area contributed by atoms with Gasteiger partial charge in [-0.1, -0.05) is 24.3 Å². The molecule has 2 aliphatic rings. The molecule has 0 radical (unpaired) electrons. The van der Waals surface area contributed by atoms with Gasteiger partial charge in [-0.15, -0.1) is 0 Å². The normalized spacial score (nSPS) is 20.4. The fourth-order valence-electron chi connectivity index (χ4n) is 5.05. The van der Waals surface area contributed by atoms with Crippen LogP contribution in [0.1, 0.15) is 42.5 Å². The first-order chi connectivity index (χ1) is 16.3. The fraction of sp³-hybridized carbons (Fsp3) is 0.462. The van der Waals surface area contributed by atoms with Crippen LogP contribution in [0.5, 0.6) is 5.75 Å². The fourth-order valence-corrected chi connectivity index (χ4v) is 5.05. The molecule has 1 heterocycles. The molecule has 2 aromatic rings. The Bertz CT molecular complexity index is 1040. The van der Waals surface area contributed by atoms with E-state index >= 15 is 0 Å². The van der Waals surface area contributed by atoms with E-state index in [2.05, 4.69) is 5.32 Å². The standard InChI is InChI=1S/C26H29F5N2O/c1-17-11-23-22-6-3-2-5-18(22)14-24(23)25(33(17)16-26(29,30)31)19-12-20(28)15-21(13-19)34-10-9-32-8-4-7-27/h2-3,5-6,12-13,15,17,25,32H,4,7-11,14,16H2,1H3/t17-,25-/m1/s1. The predicted molar refractivity (Wildman–Crippen MR) is 122 cm³/mol. The van der Waals surface area contributed by atoms with Crippen LogP contribution in [0.3, 0.4) is 0 Å². The van der Waals surface area contributed by atoms with Gasteiger partial charge in [0.25, 0.3) is 0 Å². The second-order valence-corrected chi connectivity index (χ2v) is 8.94. The number of rotatable bonds is 9. The van der Waals surface area contributed by atoms with E-state index in [4.69, 9.17) is 4.74 Å². The summed E-state index contributed by atoms with van der Waals surface area (Å²) >= 11 is 0. The van der Waals surface area contributed by atoms with Gasteiger partial charge in [-0.3, -0.25) is 9.29 Å². The first kappa shape index (κ1) is 24.7. The van der Waals surface area contributed by atoms with E-state index in [1.807, 2.05) is 24.3 Å². The monoisotopic (exact) mass is 480 g/mol. The molecule has 1 aliphatic carbocycles. The molecular weight excluding hydrogens is 451 g/mol. The minimum Gasteiger partial charge on any atom is -0.492 e. The summed E-state index contributed by atoms with van der Waals surface area (Å²) in [6, 6.07) is 11.0. The lowest BCUT2D eigenvalue weighted by atomic mass is 9.85. The Morgan fingerprint density at radius 3 is 2.68 bits per heavy atom. The Morgan fingerprint density at radius 1 is 1.12 bits per heavy atom. The molecule has 2 atom stereocenters. The smallest absolute Gasteiger partial charge is 0.401 e. The van der Waals surface area contributed by atoms with Crippen LogP contribution in [-0.2, 0) is 6.42 Å². The van der Waals surface area contributed by atoms with Crippen molar-refractivity contribution in [2.75, 3.05) is 32.9 Å². The number of hydrogen-bond donors (Lipinski definition) is 1. The van der Waals surface area contributed by atoms with Gasteiger partial charge in [0.2, 0.25) is 0 Å². The third kappa shape index (κ3) is 5.61. The summed E-state index contributed by atoms with van der Waals surface area (Å²) in [5.41, 5.74) is 4.58. The second kappa shape index (κ2) is 10.4. The zero-order chi connectivity index (χ0) is 24.3. The van der Waals surface area contributed by atoms with Crippen molar-refractivity contribution in [3.63, 3.8) is 0 Å². The molecule has 34 heavy (non-hydrogen) atoms. The molecule has 0 fully saturated rings. The van der Waals surface area contributed by atoms with E-state index in [9.17, 15) is 22.0 Å². The Labute approximate surface area is 196 Å². The number of halogens is 5. The SMILES string of the molecule is C[C@@H]1CC2=C(Cc3ccccc32)[C@@H](c2cc(F)cc(OCCNCCCF)c2)N1CC(F)(F)F. The van der Waals surface area contributed by atoms with Crippen LogP contribution in [0.25, 0.3) is 5.57 Å². The van der Waals surface area contributed by atoms with Crippen LogP contribution in [-0.4, -0.2) is 50.0 Å². The predicted octanol–water partition coefficient (Wildman–Crippen LogP) is 5.86. The maximum absolute atomic E-state index is 14.6. The van der Waals surface area contributed by atoms with Gasteiger partial charge in [0, 0.05) is 18.7 Å². The summed E-state index contributed by atoms with van der Waals surface area (Å²) in [5, 5.41) is 3.03. The molecule has 0 spiro atoms. The molecule has 0 bridgehead atoms. The number of alkyl halides is 4. The highest BCUT2D eigenvalue weighted by Crippen LogP contribution is 2.49. The van der Waals surface area contributed by atoms with Crippen molar-refractivity contribution in [3.05, 3.63) is 70.5 Å². The van der Waals surface area contributed by atoms with Gasteiger partial charge in [-0.25, -0.2) is 4.39 Å². The molecule has 0 aromatic heterocycles. The van der Waals surface area contributed by atoms with E-state index in [0.717, 1.165) is 22.3 Å². The minimum absolute atomic E-state index is 0.238. The summed E-state index contributed by atoms with van der Waals surface area (Å²) in [5.74, 6) is -0.286. The van der Waals surface area contributed by atoms with Crippen molar-refractivity contribution in [1.29, 1.82) is 0 Å². The number of fused-ring (bicyclic) bond motifs is 2. The molecule has 3 nitrogen and oxygen atoms in total. The molecule has 1 N–H and O–H groups in total. The Morgan fingerprint density at radius 2 is 1.91 bits per heavy atom. The molecule has 0 amide bonds. The number of hydrogen-bond acceptors (Lipinski definition) is 3. The van der Waals surface area contributed by atoms with Gasteiger partial charge in [0.05, 0.1) is 19.3 Å². The van der Waals surface area contributed by atoms with Gasteiger partial charge >= 0.3 is 6.18 Å². The summed E-state index contributed by atoms with van der Waals surface area (Å²) in [6.07, 6.45) is -2.92. The van der Waals surface area contributed by atoms with Gasteiger partial charge in [-0.2, -0.15) is 13.2 Å². The second-order valence-electron chi connectivity index (χ2n) is 8.94. The molecule has 0 unspecified atom stereocenters. The minimum atomic E-state index is -4.38. The van der Waals surface area contributed by atoms with E-state index in [1.54, 1.807) is 13.0 Å². The van der Waals surface area contributed by atoms with Crippen LogP contribution in [0, 0.1) is 5.82 Å². The van der Waals surface area contributed by atoms with Crippen molar-refractivity contribution >= 4 is 5.57 Å². The molecule has 0 saturated heterocycles. The average molecular weight is 481 g/mol. The van der Waals surface area contributed by atoms with Crippen LogP contribution in [0.2, 0.25) is 0 Å². The summed E-state index contributed by atoms with van der Waals surface area (Å²) in [7, 11) is 0. The topological polar surface area (TPSA) is 24.5 Å². The highest BCUT2D eigenvalue weighted by Gasteiger charge is 2.43. The third-order valence-corrected chi connectivity index (χ3v) is 6.44. The number of benzene rings is 2. The summed E-state index contributed by atoms with van der Waals surface area (Å²) in [6.45, 7) is 1.52. The van der Waals surface area contributed by atoms with E-state index < -0.39 is 31.3 Å². The van der Waals surface area contributed by atoms with Gasteiger partial charge in [0.1, 0.15) is 18.2 Å². The van der Waals surface area contributed by atoms with Crippen LogP contribution >= 0.6 is 0 Å². The summed E-state index contributed by atoms with van der Waals surface area (Å²) < 4.78 is 73.2. The number of ether oxygens (including phenoxy) is 1. The maximum Gasteiger partial charge on any atom is 0.401 e. The van der Waals surface area contributed by atoms with E-state index in [-0.39, 0.29) is 18.4 Å². The highest BCUT2D eigenvalue weighted by molar-refractivity contribution is 5.79. The number of nitrogens with one attached hydrogen (secondary N) is 1. The Hall–Kier alpha value is -2.45. The van der Waals surface area contributed by atoms with Crippen molar-refractivity contribution in [3.8, 4) is 5.75 Å². The molecule has 0 saturated carbocycles. The van der Waals surface area contributed by atoms with Crippen molar-refractivity contribution in [2.45, 2.75) is 44.4 Å². The largest absolute Gasteiger partial charge is 0.492 e. The van der Waals surface area contributed by atoms with Crippen LogP contribution in [0.4, 0.5) is 22.0 Å². The van der Waals surface area contributed by atoms with E-state index in [0.29, 0.717) is 37.9 Å². The van der Waals surface area contributed by atoms with Gasteiger partial charge in [0.15, 0.2) is 0 Å². The third-order valence-electron chi connectivity index (χ3n) is 6.44. The number of nitrogens with zero attached hydrogens (tertiary/aromatic N) is 1. The first-order valence-electron chi connectivity index (χ1n) is 11.6. The average Bonchev–Trinajstić information content (AvgIpc) is 3.13. The lowest BCUT2D eigenvalue weighted by molar-refractivity contribution is -0.155.